The van der Waals surface area contributed by atoms with Crippen LogP contribution in [0.2, 0.25) is 0 Å². The van der Waals surface area contributed by atoms with E-state index < -0.39 is 24.8 Å². The molecule has 0 amide bonds. The smallest absolute Gasteiger partial charge is 0.550 e. The summed E-state index contributed by atoms with van der Waals surface area (Å²) in [6.07, 6.45) is -0.940. The monoisotopic (exact) mass is 286 g/mol. The molecule has 94 valence electrons. The van der Waals surface area contributed by atoms with Gasteiger partial charge in [-0.2, -0.15) is 0 Å². The number of benzene rings is 1. The second-order valence-corrected chi connectivity index (χ2v) is 2.92. The van der Waals surface area contributed by atoms with E-state index in [9.17, 15) is 19.8 Å². The average Bonchev–Trinajstić information content (AvgIpc) is 2.28. The number of aliphatic carboxylic acids is 2. The Morgan fingerprint density at radius 1 is 1.11 bits per heavy atom. The van der Waals surface area contributed by atoms with Gasteiger partial charge in [0.05, 0.1) is 7.11 Å². The third kappa shape index (κ3) is 14.0. The van der Waals surface area contributed by atoms with Crippen LogP contribution in [0.25, 0.3) is 0 Å². The second-order valence-electron chi connectivity index (χ2n) is 2.92. The molecule has 19 heavy (non-hydrogen) atoms. The third-order valence-electron chi connectivity index (χ3n) is 1.62. The summed E-state index contributed by atoms with van der Waals surface area (Å²) in [4.78, 5) is 19.0. The van der Waals surface area contributed by atoms with Gasteiger partial charge in [0.1, 0.15) is 0 Å². The molecule has 1 aromatic rings. The maximum atomic E-state index is 9.50. The van der Waals surface area contributed by atoms with E-state index >= 15 is 0 Å². The van der Waals surface area contributed by atoms with Gasteiger partial charge in [0.2, 0.25) is 0 Å². The maximum Gasteiger partial charge on any atom is 1.00 e. The van der Waals surface area contributed by atoms with E-state index in [0.717, 1.165) is 0 Å². The van der Waals surface area contributed by atoms with Gasteiger partial charge in [0.15, 0.2) is 11.5 Å². The minimum Gasteiger partial charge on any atom is -0.550 e. The number of carbonyl (C=O) groups excluding carboxylic acids is 2. The van der Waals surface area contributed by atoms with E-state index in [1.165, 1.54) is 7.11 Å². The molecule has 0 fully saturated rings. The van der Waals surface area contributed by atoms with Crippen LogP contribution in [-0.4, -0.2) is 24.2 Å². The molecule has 1 rings (SSSR count). The average molecular weight is 286 g/mol. The van der Waals surface area contributed by atoms with Crippen molar-refractivity contribution in [3.05, 3.63) is 24.3 Å². The van der Waals surface area contributed by atoms with Gasteiger partial charge in [0.25, 0.3) is 0 Å². The fourth-order valence-corrected chi connectivity index (χ4v) is 0.834. The minimum absolute atomic E-state index is 0. The molecule has 0 saturated carbocycles. The van der Waals surface area contributed by atoms with Crippen molar-refractivity contribution in [2.24, 2.45) is 0 Å². The normalized spacial score (nSPS) is 7.84. The van der Waals surface area contributed by atoms with E-state index in [2.05, 4.69) is 0 Å². The van der Waals surface area contributed by atoms with Gasteiger partial charge in [-0.15, -0.1) is 0 Å². The number of para-hydroxylation sites is 2. The zero-order chi connectivity index (χ0) is 13.3. The SMILES string of the molecule is COc1ccccc1O.O=C([O-])CCC(=O)[O-].[Na+].[Na+]. The van der Waals surface area contributed by atoms with Gasteiger partial charge in [-0.1, -0.05) is 12.1 Å². The number of rotatable bonds is 4. The first-order valence-corrected chi connectivity index (χ1v) is 4.69. The van der Waals surface area contributed by atoms with Gasteiger partial charge >= 0.3 is 59.1 Å². The molecule has 0 atom stereocenters. The molecule has 0 saturated heterocycles. The van der Waals surface area contributed by atoms with Crippen LogP contribution in [0.15, 0.2) is 24.3 Å². The Labute approximate surface area is 155 Å². The zero-order valence-corrected chi connectivity index (χ0v) is 15.2. The number of aromatic hydroxyl groups is 1. The zero-order valence-electron chi connectivity index (χ0n) is 11.2. The predicted molar refractivity (Wildman–Crippen MR) is 53.9 cm³/mol. The first kappa shape index (κ1) is 23.8. The summed E-state index contributed by atoms with van der Waals surface area (Å²) in [5, 5.41) is 28.0. The predicted octanol–water partition coefficient (Wildman–Crippen LogP) is -7.32. The Morgan fingerprint density at radius 3 is 1.79 bits per heavy atom. The summed E-state index contributed by atoms with van der Waals surface area (Å²) in [5.41, 5.74) is 0. The maximum absolute atomic E-state index is 9.50. The van der Waals surface area contributed by atoms with Crippen LogP contribution in [0.3, 0.4) is 0 Å². The van der Waals surface area contributed by atoms with Crippen molar-refractivity contribution < 1.29 is 88.8 Å². The molecule has 0 aromatic heterocycles. The Hall–Kier alpha value is -0.240. The molecule has 0 aliphatic carbocycles. The summed E-state index contributed by atoms with van der Waals surface area (Å²) in [5.74, 6) is -2.04. The van der Waals surface area contributed by atoms with Crippen molar-refractivity contribution in [2.45, 2.75) is 12.8 Å². The molecule has 0 unspecified atom stereocenters. The Kier molecular flexibility index (Phi) is 17.8. The molecule has 6 nitrogen and oxygen atoms in total. The molecule has 1 aromatic carbocycles. The van der Waals surface area contributed by atoms with E-state index in [1.54, 1.807) is 24.3 Å². The molecule has 0 heterocycles. The van der Waals surface area contributed by atoms with E-state index in [0.29, 0.717) is 5.75 Å². The molecular formula is C11H12Na2O6. The first-order chi connectivity index (χ1) is 7.97. The topological polar surface area (TPSA) is 110 Å². The summed E-state index contributed by atoms with van der Waals surface area (Å²) in [6, 6.07) is 6.84. The molecule has 0 aliphatic rings. The van der Waals surface area contributed by atoms with Crippen LogP contribution in [0.5, 0.6) is 11.5 Å². The fourth-order valence-electron chi connectivity index (χ4n) is 0.834. The van der Waals surface area contributed by atoms with Crippen molar-refractivity contribution in [3.63, 3.8) is 0 Å². The number of ether oxygens (including phenoxy) is 1. The van der Waals surface area contributed by atoms with Gasteiger partial charge in [-0.25, -0.2) is 0 Å². The largest absolute Gasteiger partial charge is 1.00 e. The van der Waals surface area contributed by atoms with Gasteiger partial charge in [-0.3, -0.25) is 0 Å². The number of phenols is 1. The van der Waals surface area contributed by atoms with E-state index in [4.69, 9.17) is 9.84 Å². The van der Waals surface area contributed by atoms with Crippen molar-refractivity contribution in [1.82, 2.24) is 0 Å². The summed E-state index contributed by atoms with van der Waals surface area (Å²) >= 11 is 0. The molecule has 0 spiro atoms. The first-order valence-electron chi connectivity index (χ1n) is 4.69. The molecular weight excluding hydrogens is 274 g/mol. The number of hydrogen-bond donors (Lipinski definition) is 1. The van der Waals surface area contributed by atoms with Crippen LogP contribution in [0.1, 0.15) is 12.8 Å². The standard InChI is InChI=1S/C7H8O2.C4H6O4.2Na/c1-9-7-5-3-2-4-6(7)8;5-3(6)1-2-4(7)8;;/h2-5,8H,1H3;1-2H2,(H,5,6)(H,7,8);;/q;;2*+1/p-2. The number of phenolic OH excluding ortho intramolecular Hbond substituents is 1. The second kappa shape index (κ2) is 14.2. The van der Waals surface area contributed by atoms with Crippen molar-refractivity contribution in [1.29, 1.82) is 0 Å². The number of hydrogen-bond acceptors (Lipinski definition) is 6. The van der Waals surface area contributed by atoms with Crippen LogP contribution < -0.4 is 74.1 Å². The summed E-state index contributed by atoms with van der Waals surface area (Å²) < 4.78 is 4.79. The van der Waals surface area contributed by atoms with Crippen LogP contribution in [0, 0.1) is 0 Å². The number of carboxylic acid groups (broad SMARTS) is 2. The van der Waals surface area contributed by atoms with Crippen molar-refractivity contribution in [3.8, 4) is 11.5 Å². The quantitative estimate of drug-likeness (QED) is 0.551. The Balaban J connectivity index is -0.000000246. The molecule has 0 aliphatic heterocycles. The molecule has 0 radical (unpaired) electrons. The summed E-state index contributed by atoms with van der Waals surface area (Å²) in [7, 11) is 1.52. The van der Waals surface area contributed by atoms with Crippen LogP contribution in [0.4, 0.5) is 0 Å². The molecule has 0 bridgehead atoms. The fraction of sp³-hybridized carbons (Fsp3) is 0.273. The number of methoxy groups -OCH3 is 1. The van der Waals surface area contributed by atoms with Crippen LogP contribution in [-0.2, 0) is 9.59 Å². The van der Waals surface area contributed by atoms with Gasteiger partial charge in [0, 0.05) is 11.9 Å². The summed E-state index contributed by atoms with van der Waals surface area (Å²) in [6.45, 7) is 0. The number of carboxylic acids is 2. The van der Waals surface area contributed by atoms with E-state index in [-0.39, 0.29) is 64.9 Å². The molecule has 8 heteroatoms. The van der Waals surface area contributed by atoms with Gasteiger partial charge < -0.3 is 29.6 Å². The van der Waals surface area contributed by atoms with Crippen molar-refractivity contribution >= 4 is 11.9 Å². The Morgan fingerprint density at radius 2 is 1.53 bits per heavy atom. The Bertz CT molecular complexity index is 369. The minimum atomic E-state index is -1.37. The van der Waals surface area contributed by atoms with Crippen LogP contribution >= 0.6 is 0 Å². The van der Waals surface area contributed by atoms with Gasteiger partial charge in [-0.05, 0) is 25.0 Å². The van der Waals surface area contributed by atoms with E-state index in [1.807, 2.05) is 0 Å². The third-order valence-corrected chi connectivity index (χ3v) is 1.62. The number of carbonyl (C=O) groups is 2. The van der Waals surface area contributed by atoms with Crippen molar-refractivity contribution in [2.75, 3.05) is 7.11 Å². The molecule has 1 N–H and O–H groups in total.